The minimum Gasteiger partial charge on any atom is -0.207 e. The predicted molar refractivity (Wildman–Crippen MR) is 70.2 cm³/mol. The van der Waals surface area contributed by atoms with Gasteiger partial charge in [0.15, 0.2) is 0 Å². The van der Waals surface area contributed by atoms with Gasteiger partial charge in [-0.15, -0.1) is 0 Å². The molecule has 1 aromatic carbocycles. The van der Waals surface area contributed by atoms with Crippen molar-refractivity contribution in [3.63, 3.8) is 0 Å². The molecule has 92 valence electrons. The number of rotatable bonds is 4. The molecule has 1 aromatic rings. The average Bonchev–Trinajstić information content (AvgIpc) is 2.29. The van der Waals surface area contributed by atoms with E-state index in [-0.39, 0.29) is 5.82 Å². The Kier molecular flexibility index (Phi) is 7.88. The Morgan fingerprint density at radius 1 is 0.938 bits per heavy atom. The zero-order valence-corrected chi connectivity index (χ0v) is 11.3. The van der Waals surface area contributed by atoms with Crippen LogP contribution < -0.4 is 0 Å². The van der Waals surface area contributed by atoms with Crippen molar-refractivity contribution in [2.45, 2.75) is 53.4 Å². The lowest BCUT2D eigenvalue weighted by Gasteiger charge is -2.13. The first kappa shape index (κ1) is 15.2. The zero-order valence-electron chi connectivity index (χ0n) is 11.3. The number of halogens is 1. The number of hydrogen-bond acceptors (Lipinski definition) is 0. The van der Waals surface area contributed by atoms with Gasteiger partial charge < -0.3 is 0 Å². The van der Waals surface area contributed by atoms with Gasteiger partial charge in [-0.05, 0) is 36.0 Å². The molecule has 0 heterocycles. The van der Waals surface area contributed by atoms with Gasteiger partial charge in [0.25, 0.3) is 0 Å². The molecule has 0 aliphatic carbocycles. The molecular formula is C15H25F. The third-order valence-corrected chi connectivity index (χ3v) is 2.62. The van der Waals surface area contributed by atoms with Crippen molar-refractivity contribution in [3.05, 3.63) is 35.6 Å². The molecule has 0 N–H and O–H groups in total. The number of hydrogen-bond donors (Lipinski definition) is 0. The van der Waals surface area contributed by atoms with Crippen LogP contribution in [-0.4, -0.2) is 0 Å². The van der Waals surface area contributed by atoms with Crippen molar-refractivity contribution < 1.29 is 4.39 Å². The molecule has 0 radical (unpaired) electrons. The molecule has 0 bridgehead atoms. The molecule has 1 rings (SSSR count). The highest BCUT2D eigenvalue weighted by Gasteiger charge is 2.06. The summed E-state index contributed by atoms with van der Waals surface area (Å²) in [5, 5.41) is 0. The Labute approximate surface area is 99.9 Å². The molecule has 0 aliphatic rings. The Hall–Kier alpha value is -0.850. The van der Waals surface area contributed by atoms with Gasteiger partial charge >= 0.3 is 0 Å². The van der Waals surface area contributed by atoms with Crippen LogP contribution in [0.5, 0.6) is 0 Å². The van der Waals surface area contributed by atoms with Crippen LogP contribution in [0, 0.1) is 11.7 Å². The Morgan fingerprint density at radius 3 is 1.88 bits per heavy atom. The van der Waals surface area contributed by atoms with E-state index in [0.29, 0.717) is 5.92 Å². The second-order valence-corrected chi connectivity index (χ2v) is 4.42. The summed E-state index contributed by atoms with van der Waals surface area (Å²) in [6, 6.07) is 6.86. The first-order chi connectivity index (χ1) is 7.59. The Morgan fingerprint density at radius 2 is 1.44 bits per heavy atom. The summed E-state index contributed by atoms with van der Waals surface area (Å²) in [6.45, 7) is 10.7. The topological polar surface area (TPSA) is 0 Å². The van der Waals surface area contributed by atoms with Gasteiger partial charge in [-0.25, -0.2) is 4.39 Å². The van der Waals surface area contributed by atoms with E-state index in [4.69, 9.17) is 0 Å². The summed E-state index contributed by atoms with van der Waals surface area (Å²) >= 11 is 0. The molecule has 0 nitrogen and oxygen atoms in total. The zero-order chi connectivity index (χ0) is 12.6. The van der Waals surface area contributed by atoms with Crippen LogP contribution in [0.15, 0.2) is 24.3 Å². The van der Waals surface area contributed by atoms with E-state index < -0.39 is 0 Å². The van der Waals surface area contributed by atoms with Crippen molar-refractivity contribution in [3.8, 4) is 0 Å². The summed E-state index contributed by atoms with van der Waals surface area (Å²) in [7, 11) is 0. The SMILES string of the molecule is CC.CC(C)CCC(C)c1ccc(F)cc1. The van der Waals surface area contributed by atoms with E-state index in [1.54, 1.807) is 12.1 Å². The Bertz CT molecular complexity index is 261. The maximum atomic E-state index is 12.7. The summed E-state index contributed by atoms with van der Waals surface area (Å²) in [5.74, 6) is 1.14. The molecule has 1 atom stereocenters. The highest BCUT2D eigenvalue weighted by Crippen LogP contribution is 2.22. The lowest BCUT2D eigenvalue weighted by molar-refractivity contribution is 0.516. The first-order valence-electron chi connectivity index (χ1n) is 6.35. The van der Waals surface area contributed by atoms with Crippen LogP contribution in [0.4, 0.5) is 4.39 Å². The molecule has 0 saturated carbocycles. The van der Waals surface area contributed by atoms with E-state index in [0.717, 1.165) is 5.92 Å². The monoisotopic (exact) mass is 224 g/mol. The maximum Gasteiger partial charge on any atom is 0.123 e. The van der Waals surface area contributed by atoms with E-state index in [1.807, 2.05) is 26.0 Å². The van der Waals surface area contributed by atoms with E-state index in [9.17, 15) is 4.39 Å². The minimum absolute atomic E-state index is 0.148. The van der Waals surface area contributed by atoms with Crippen LogP contribution in [0.2, 0.25) is 0 Å². The standard InChI is InChI=1S/C13H19F.C2H6/c1-10(2)4-5-11(3)12-6-8-13(14)9-7-12;1-2/h6-11H,4-5H2,1-3H3;1-2H3. The fourth-order valence-corrected chi connectivity index (χ4v) is 1.54. The molecule has 0 amide bonds. The lowest BCUT2D eigenvalue weighted by atomic mass is 9.93. The van der Waals surface area contributed by atoms with Gasteiger partial charge in [-0.1, -0.05) is 53.2 Å². The van der Waals surface area contributed by atoms with Gasteiger partial charge in [0.2, 0.25) is 0 Å². The summed E-state index contributed by atoms with van der Waals surface area (Å²) in [6.07, 6.45) is 2.42. The van der Waals surface area contributed by atoms with Crippen LogP contribution in [-0.2, 0) is 0 Å². The summed E-state index contributed by atoms with van der Waals surface area (Å²) in [4.78, 5) is 0. The van der Waals surface area contributed by atoms with Crippen molar-refractivity contribution >= 4 is 0 Å². The second kappa shape index (κ2) is 8.32. The third kappa shape index (κ3) is 5.89. The fraction of sp³-hybridized carbons (Fsp3) is 0.600. The molecule has 16 heavy (non-hydrogen) atoms. The first-order valence-corrected chi connectivity index (χ1v) is 6.35. The third-order valence-electron chi connectivity index (χ3n) is 2.62. The van der Waals surface area contributed by atoms with Crippen LogP contribution in [0.25, 0.3) is 0 Å². The van der Waals surface area contributed by atoms with Gasteiger partial charge in [-0.2, -0.15) is 0 Å². The van der Waals surface area contributed by atoms with Gasteiger partial charge in [0.1, 0.15) is 5.82 Å². The quantitative estimate of drug-likeness (QED) is 0.643. The van der Waals surface area contributed by atoms with E-state index >= 15 is 0 Å². The maximum absolute atomic E-state index is 12.7. The smallest absolute Gasteiger partial charge is 0.123 e. The predicted octanol–water partition coefficient (Wildman–Crippen LogP) is 5.39. The van der Waals surface area contributed by atoms with Crippen molar-refractivity contribution in [2.24, 2.45) is 5.92 Å². The molecule has 1 heteroatoms. The lowest BCUT2D eigenvalue weighted by Crippen LogP contribution is -1.96. The summed E-state index contributed by atoms with van der Waals surface area (Å²) < 4.78 is 12.7. The van der Waals surface area contributed by atoms with Gasteiger partial charge in [0.05, 0.1) is 0 Å². The highest BCUT2D eigenvalue weighted by atomic mass is 19.1. The van der Waals surface area contributed by atoms with Crippen molar-refractivity contribution in [1.82, 2.24) is 0 Å². The van der Waals surface area contributed by atoms with Crippen LogP contribution in [0.1, 0.15) is 58.9 Å². The van der Waals surface area contributed by atoms with Gasteiger partial charge in [0, 0.05) is 0 Å². The normalized spacial score (nSPS) is 11.9. The Balaban J connectivity index is 0.00000106. The van der Waals surface area contributed by atoms with Crippen LogP contribution in [0.3, 0.4) is 0 Å². The average molecular weight is 224 g/mol. The second-order valence-electron chi connectivity index (χ2n) is 4.42. The molecule has 0 aromatic heterocycles. The molecular weight excluding hydrogens is 199 g/mol. The van der Waals surface area contributed by atoms with Gasteiger partial charge in [-0.3, -0.25) is 0 Å². The molecule has 0 fully saturated rings. The molecule has 1 unspecified atom stereocenters. The summed E-state index contributed by atoms with van der Waals surface area (Å²) in [5.41, 5.74) is 1.24. The fourth-order valence-electron chi connectivity index (χ4n) is 1.54. The van der Waals surface area contributed by atoms with E-state index in [2.05, 4.69) is 20.8 Å². The molecule has 0 aliphatic heterocycles. The van der Waals surface area contributed by atoms with Crippen molar-refractivity contribution in [2.75, 3.05) is 0 Å². The molecule has 0 saturated heterocycles. The largest absolute Gasteiger partial charge is 0.207 e. The molecule has 0 spiro atoms. The van der Waals surface area contributed by atoms with E-state index in [1.165, 1.54) is 18.4 Å². The number of benzene rings is 1. The van der Waals surface area contributed by atoms with Crippen LogP contribution >= 0.6 is 0 Å². The highest BCUT2D eigenvalue weighted by molar-refractivity contribution is 5.19. The minimum atomic E-state index is -0.148. The van der Waals surface area contributed by atoms with Crippen molar-refractivity contribution in [1.29, 1.82) is 0 Å².